The largest absolute Gasteiger partial charge is 0.328 e. The normalized spacial score (nSPS) is 20.2. The Kier molecular flexibility index (Phi) is 9.15. The van der Waals surface area contributed by atoms with E-state index in [0.29, 0.717) is 6.04 Å². The molecular weight excluding hydrogens is 183 g/mol. The van der Waals surface area contributed by atoms with Crippen LogP contribution in [0.2, 0.25) is 0 Å². The van der Waals surface area contributed by atoms with E-state index in [-0.39, 0.29) is 24.8 Å². The summed E-state index contributed by atoms with van der Waals surface area (Å²) in [7, 11) is 0. The van der Waals surface area contributed by atoms with Crippen LogP contribution < -0.4 is 5.73 Å². The first-order chi connectivity index (χ1) is 4.33. The minimum atomic E-state index is 0. The van der Waals surface area contributed by atoms with E-state index in [9.17, 15) is 0 Å². The fourth-order valence-corrected chi connectivity index (χ4v) is 1.27. The van der Waals surface area contributed by atoms with Crippen molar-refractivity contribution < 1.29 is 0 Å². The molecule has 70 valence electrons. The van der Waals surface area contributed by atoms with E-state index in [2.05, 4.69) is 11.8 Å². The van der Waals surface area contributed by atoms with Gasteiger partial charge in [-0.25, -0.2) is 0 Å². The predicted octanol–water partition coefficient (Wildman–Crippen LogP) is 1.27. The van der Waals surface area contributed by atoms with Gasteiger partial charge in [-0.2, -0.15) is 0 Å². The highest BCUT2D eigenvalue weighted by molar-refractivity contribution is 5.85. The Balaban J connectivity index is 0. The molecule has 1 aliphatic heterocycles. The first-order valence-electron chi connectivity index (χ1n) is 3.81. The van der Waals surface area contributed by atoms with Crippen LogP contribution in [0, 0.1) is 0 Å². The van der Waals surface area contributed by atoms with Crippen molar-refractivity contribution in [1.29, 1.82) is 0 Å². The van der Waals surface area contributed by atoms with Crippen LogP contribution in [0.1, 0.15) is 19.8 Å². The van der Waals surface area contributed by atoms with Gasteiger partial charge in [0.05, 0.1) is 0 Å². The van der Waals surface area contributed by atoms with Crippen LogP contribution in [-0.2, 0) is 0 Å². The number of likely N-dealkylation sites (tertiary alicyclic amines) is 1. The fraction of sp³-hybridized carbons (Fsp3) is 1.00. The molecule has 1 saturated heterocycles. The zero-order valence-electron chi connectivity index (χ0n) is 6.95. The maximum absolute atomic E-state index is 5.72. The summed E-state index contributed by atoms with van der Waals surface area (Å²) in [6.45, 7) is 5.80. The van der Waals surface area contributed by atoms with E-state index in [4.69, 9.17) is 5.73 Å². The summed E-state index contributed by atoms with van der Waals surface area (Å²) >= 11 is 0. The lowest BCUT2D eigenvalue weighted by atomic mass is 10.1. The Morgan fingerprint density at radius 2 is 1.73 bits per heavy atom. The molecule has 0 spiro atoms. The number of nitrogens with two attached hydrogens (primary N) is 1. The number of hydrogen-bond acceptors (Lipinski definition) is 2. The van der Waals surface area contributed by atoms with Gasteiger partial charge in [-0.05, 0) is 32.5 Å². The number of nitrogens with zero attached hydrogens (tertiary/aromatic N) is 1. The smallest absolute Gasteiger partial charge is 0.00631 e. The van der Waals surface area contributed by atoms with Crippen LogP contribution in [0.25, 0.3) is 0 Å². The Hall–Kier alpha value is 0.500. The van der Waals surface area contributed by atoms with Gasteiger partial charge in [0.15, 0.2) is 0 Å². The third-order valence-electron chi connectivity index (χ3n) is 2.08. The summed E-state index contributed by atoms with van der Waals surface area (Å²) in [6.07, 6.45) is 2.38. The van der Waals surface area contributed by atoms with Gasteiger partial charge in [0.1, 0.15) is 0 Å². The van der Waals surface area contributed by atoms with Gasteiger partial charge < -0.3 is 10.6 Å². The van der Waals surface area contributed by atoms with Crippen molar-refractivity contribution in [2.45, 2.75) is 25.8 Å². The first kappa shape index (κ1) is 14.0. The van der Waals surface area contributed by atoms with Crippen LogP contribution >= 0.6 is 24.8 Å². The SMILES string of the molecule is CCN1CCC(N)CC1.Cl.Cl. The lowest BCUT2D eigenvalue weighted by Gasteiger charge is -2.28. The first-order valence-corrected chi connectivity index (χ1v) is 3.81. The topological polar surface area (TPSA) is 29.3 Å². The minimum absolute atomic E-state index is 0. The fourth-order valence-electron chi connectivity index (χ4n) is 1.27. The Morgan fingerprint density at radius 1 is 1.27 bits per heavy atom. The van der Waals surface area contributed by atoms with Gasteiger partial charge in [0, 0.05) is 6.04 Å². The molecule has 1 aliphatic rings. The Labute approximate surface area is 81.3 Å². The molecular formula is C7H18Cl2N2. The monoisotopic (exact) mass is 200 g/mol. The molecule has 2 nitrogen and oxygen atoms in total. The van der Waals surface area contributed by atoms with Crippen LogP contribution in [0.15, 0.2) is 0 Å². The highest BCUT2D eigenvalue weighted by Gasteiger charge is 2.13. The summed E-state index contributed by atoms with van der Waals surface area (Å²) in [5.41, 5.74) is 5.72. The van der Waals surface area contributed by atoms with Crippen molar-refractivity contribution in [1.82, 2.24) is 4.90 Å². The lowest BCUT2D eigenvalue weighted by Crippen LogP contribution is -2.39. The molecule has 0 aromatic carbocycles. The second-order valence-corrected chi connectivity index (χ2v) is 2.77. The highest BCUT2D eigenvalue weighted by Crippen LogP contribution is 2.06. The van der Waals surface area contributed by atoms with Crippen molar-refractivity contribution >= 4 is 24.8 Å². The molecule has 0 saturated carbocycles. The second-order valence-electron chi connectivity index (χ2n) is 2.77. The zero-order valence-corrected chi connectivity index (χ0v) is 8.59. The number of halogens is 2. The van der Waals surface area contributed by atoms with E-state index in [1.807, 2.05) is 0 Å². The second kappa shape index (κ2) is 7.17. The molecule has 4 heteroatoms. The van der Waals surface area contributed by atoms with E-state index >= 15 is 0 Å². The molecule has 0 aliphatic carbocycles. The predicted molar refractivity (Wildman–Crippen MR) is 53.8 cm³/mol. The maximum atomic E-state index is 5.72. The number of piperidine rings is 1. The maximum Gasteiger partial charge on any atom is 0.00631 e. The summed E-state index contributed by atoms with van der Waals surface area (Å²) in [5, 5.41) is 0. The molecule has 1 heterocycles. The molecule has 1 fully saturated rings. The molecule has 0 aromatic heterocycles. The van der Waals surface area contributed by atoms with Crippen molar-refractivity contribution in [3.8, 4) is 0 Å². The molecule has 2 N–H and O–H groups in total. The van der Waals surface area contributed by atoms with E-state index in [1.54, 1.807) is 0 Å². The Bertz CT molecular complexity index is 82.5. The van der Waals surface area contributed by atoms with Crippen LogP contribution in [0.4, 0.5) is 0 Å². The van der Waals surface area contributed by atoms with E-state index in [1.165, 1.54) is 32.5 Å². The van der Waals surface area contributed by atoms with Crippen LogP contribution in [0.3, 0.4) is 0 Å². The molecule has 0 bridgehead atoms. The third kappa shape index (κ3) is 4.86. The van der Waals surface area contributed by atoms with Gasteiger partial charge in [0.2, 0.25) is 0 Å². The molecule has 0 radical (unpaired) electrons. The number of hydrogen-bond donors (Lipinski definition) is 1. The molecule has 1 rings (SSSR count). The molecule has 11 heavy (non-hydrogen) atoms. The van der Waals surface area contributed by atoms with Crippen LogP contribution in [-0.4, -0.2) is 30.6 Å². The standard InChI is InChI=1S/C7H16N2.2ClH/c1-2-9-5-3-7(8)4-6-9;;/h7H,2-6,8H2,1H3;2*1H. The van der Waals surface area contributed by atoms with Crippen molar-refractivity contribution in [2.75, 3.05) is 19.6 Å². The average molecular weight is 201 g/mol. The average Bonchev–Trinajstić information content (AvgIpc) is 1.90. The highest BCUT2D eigenvalue weighted by atomic mass is 35.5. The summed E-state index contributed by atoms with van der Waals surface area (Å²) in [4.78, 5) is 2.45. The van der Waals surface area contributed by atoms with Gasteiger partial charge in [-0.15, -0.1) is 24.8 Å². The summed E-state index contributed by atoms with van der Waals surface area (Å²) < 4.78 is 0. The lowest BCUT2D eigenvalue weighted by molar-refractivity contribution is 0.223. The zero-order chi connectivity index (χ0) is 6.69. The summed E-state index contributed by atoms with van der Waals surface area (Å²) in [6, 6.07) is 0.479. The minimum Gasteiger partial charge on any atom is -0.328 e. The molecule has 0 unspecified atom stereocenters. The van der Waals surface area contributed by atoms with E-state index in [0.717, 1.165) is 0 Å². The van der Waals surface area contributed by atoms with Crippen molar-refractivity contribution in [2.24, 2.45) is 5.73 Å². The van der Waals surface area contributed by atoms with Gasteiger partial charge >= 0.3 is 0 Å². The molecule has 0 amide bonds. The van der Waals surface area contributed by atoms with E-state index < -0.39 is 0 Å². The quantitative estimate of drug-likeness (QED) is 0.692. The third-order valence-corrected chi connectivity index (χ3v) is 2.08. The van der Waals surface area contributed by atoms with Gasteiger partial charge in [-0.3, -0.25) is 0 Å². The van der Waals surface area contributed by atoms with Crippen molar-refractivity contribution in [3.05, 3.63) is 0 Å². The van der Waals surface area contributed by atoms with Crippen molar-refractivity contribution in [3.63, 3.8) is 0 Å². The Morgan fingerprint density at radius 3 is 2.09 bits per heavy atom. The molecule has 0 atom stereocenters. The van der Waals surface area contributed by atoms with Gasteiger partial charge in [0.25, 0.3) is 0 Å². The number of rotatable bonds is 1. The molecule has 0 aromatic rings. The van der Waals surface area contributed by atoms with Gasteiger partial charge in [-0.1, -0.05) is 6.92 Å². The summed E-state index contributed by atoms with van der Waals surface area (Å²) in [5.74, 6) is 0. The van der Waals surface area contributed by atoms with Crippen LogP contribution in [0.5, 0.6) is 0 Å².